The molecule has 4 aromatic carbocycles. The molecule has 0 unspecified atom stereocenters. The predicted octanol–water partition coefficient (Wildman–Crippen LogP) is 4.71. The molecule has 0 amide bonds. The zero-order valence-electron chi connectivity index (χ0n) is 20.7. The quantitative estimate of drug-likeness (QED) is 0.185. The van der Waals surface area contributed by atoms with E-state index in [2.05, 4.69) is 119 Å². The summed E-state index contributed by atoms with van der Waals surface area (Å²) < 4.78 is 2.37. The molecule has 0 saturated heterocycles. The van der Waals surface area contributed by atoms with Gasteiger partial charge < -0.3 is 9.55 Å². The van der Waals surface area contributed by atoms with Gasteiger partial charge in [0, 0.05) is 60.5 Å². The first-order valence-electron chi connectivity index (χ1n) is 12.9. The minimum atomic E-state index is -2.55. The second-order valence-corrected chi connectivity index (χ2v) is 13.8. The standard InChI is InChI=1S/C34H20N3Si.Ir/c1-4-11-28-23(8-1)27-21-35-19-17-29(27)37(28)22-15-16-26-33(20-22)38(32-14-7-18-36-34(26)32)30-12-5-2-9-24(30)25-10-3-6-13-31(25)38;/h1-15,17-21H;/q-1;. The van der Waals surface area contributed by atoms with Crippen LogP contribution in [0.5, 0.6) is 0 Å². The molecule has 185 valence electrons. The van der Waals surface area contributed by atoms with Gasteiger partial charge in [-0.3, -0.25) is 4.98 Å². The Balaban J connectivity index is 0.00000235. The molecule has 5 heterocycles. The predicted molar refractivity (Wildman–Crippen MR) is 157 cm³/mol. The molecule has 2 aliphatic rings. The first kappa shape index (κ1) is 22.8. The van der Waals surface area contributed by atoms with Gasteiger partial charge in [0.25, 0.3) is 0 Å². The number of aromatic nitrogens is 3. The summed E-state index contributed by atoms with van der Waals surface area (Å²) in [5, 5.41) is 8.02. The van der Waals surface area contributed by atoms with E-state index < -0.39 is 8.07 Å². The van der Waals surface area contributed by atoms with Crippen LogP contribution in [0.15, 0.2) is 122 Å². The average molecular weight is 691 g/mol. The monoisotopic (exact) mass is 691 g/mol. The van der Waals surface area contributed by atoms with E-state index in [1.165, 1.54) is 42.8 Å². The van der Waals surface area contributed by atoms with E-state index in [1.807, 2.05) is 18.6 Å². The van der Waals surface area contributed by atoms with Gasteiger partial charge in [0.2, 0.25) is 0 Å². The number of fused-ring (bicyclic) bond motifs is 13. The fourth-order valence-corrected chi connectivity index (χ4v) is 12.6. The first-order chi connectivity index (χ1) is 18.9. The van der Waals surface area contributed by atoms with E-state index in [1.54, 1.807) is 0 Å². The van der Waals surface area contributed by atoms with E-state index in [-0.39, 0.29) is 20.1 Å². The van der Waals surface area contributed by atoms with Crippen LogP contribution < -0.4 is 20.7 Å². The van der Waals surface area contributed by atoms with Crippen LogP contribution >= 0.6 is 0 Å². The van der Waals surface area contributed by atoms with Crippen LogP contribution in [0.1, 0.15) is 0 Å². The molecule has 3 nitrogen and oxygen atoms in total. The first-order valence-corrected chi connectivity index (χ1v) is 14.9. The fraction of sp³-hybridized carbons (Fsp3) is 0. The Morgan fingerprint density at radius 1 is 0.641 bits per heavy atom. The largest absolute Gasteiger partial charge is 0.351 e. The number of hydrogen-bond donors (Lipinski definition) is 0. The Labute approximate surface area is 240 Å². The molecule has 0 atom stereocenters. The third-order valence-corrected chi connectivity index (χ3v) is 13.4. The van der Waals surface area contributed by atoms with Gasteiger partial charge in [0.15, 0.2) is 0 Å². The molecule has 0 aliphatic carbocycles. The van der Waals surface area contributed by atoms with Crippen molar-refractivity contribution in [1.82, 2.24) is 14.5 Å². The van der Waals surface area contributed by atoms with E-state index in [0.29, 0.717) is 0 Å². The van der Waals surface area contributed by atoms with Crippen LogP contribution in [-0.2, 0) is 20.1 Å². The van der Waals surface area contributed by atoms with Crippen LogP contribution in [0.2, 0.25) is 0 Å². The number of para-hydroxylation sites is 1. The fourth-order valence-electron chi connectivity index (χ4n) is 7.07. The van der Waals surface area contributed by atoms with E-state index in [4.69, 9.17) is 4.98 Å². The Morgan fingerprint density at radius 2 is 1.33 bits per heavy atom. The van der Waals surface area contributed by atoms with Crippen molar-refractivity contribution < 1.29 is 20.1 Å². The summed E-state index contributed by atoms with van der Waals surface area (Å²) in [4.78, 5) is 9.39. The molecule has 0 N–H and O–H groups in total. The minimum Gasteiger partial charge on any atom is -0.351 e. The van der Waals surface area contributed by atoms with Gasteiger partial charge in [-0.25, -0.2) is 0 Å². The topological polar surface area (TPSA) is 30.7 Å². The number of benzene rings is 4. The van der Waals surface area contributed by atoms with Crippen molar-refractivity contribution in [3.8, 4) is 28.1 Å². The van der Waals surface area contributed by atoms with Gasteiger partial charge in [0.1, 0.15) is 8.07 Å². The molecule has 0 fully saturated rings. The second-order valence-electron chi connectivity index (χ2n) is 10.1. The van der Waals surface area contributed by atoms with E-state index >= 15 is 0 Å². The molecule has 1 radical (unpaired) electrons. The van der Waals surface area contributed by atoms with E-state index in [0.717, 1.165) is 27.8 Å². The summed E-state index contributed by atoms with van der Waals surface area (Å²) in [5.41, 5.74) is 8.40. The Hall–Kier alpha value is -4.15. The van der Waals surface area contributed by atoms with Crippen molar-refractivity contribution in [2.24, 2.45) is 0 Å². The molecule has 0 bridgehead atoms. The van der Waals surface area contributed by atoms with Crippen molar-refractivity contribution >= 4 is 50.6 Å². The zero-order valence-corrected chi connectivity index (χ0v) is 24.1. The van der Waals surface area contributed by atoms with Gasteiger partial charge in [0.05, 0.1) is 0 Å². The maximum absolute atomic E-state index is 4.95. The van der Waals surface area contributed by atoms with Gasteiger partial charge in [-0.05, 0) is 51.1 Å². The van der Waals surface area contributed by atoms with Gasteiger partial charge in [-0.15, -0.1) is 28.9 Å². The summed E-state index contributed by atoms with van der Waals surface area (Å²) >= 11 is 0. The third kappa shape index (κ3) is 2.74. The van der Waals surface area contributed by atoms with Crippen molar-refractivity contribution in [3.63, 3.8) is 0 Å². The smallest absolute Gasteiger partial charge is 0.128 e. The van der Waals surface area contributed by atoms with Crippen molar-refractivity contribution in [2.45, 2.75) is 0 Å². The molecule has 39 heavy (non-hydrogen) atoms. The molecule has 2 aliphatic heterocycles. The maximum atomic E-state index is 4.95. The molecule has 0 saturated carbocycles. The second kappa shape index (κ2) is 8.17. The van der Waals surface area contributed by atoms with E-state index in [9.17, 15) is 0 Å². The SMILES string of the molecule is [Ir].[c-]1cc(-n2c3ccccc3c3cnccc32)cc2c1-c1ncccc1[Si]21c2ccccc2-c2ccccc21. The normalized spacial score (nSPS) is 13.6. The molecule has 5 heteroatoms. The number of nitrogens with zero attached hydrogens (tertiary/aromatic N) is 3. The molecule has 3 aromatic heterocycles. The summed E-state index contributed by atoms with van der Waals surface area (Å²) in [7, 11) is -2.55. The average Bonchev–Trinajstić information content (AvgIpc) is 3.59. The minimum absolute atomic E-state index is 0. The molecule has 1 spiro atoms. The summed E-state index contributed by atoms with van der Waals surface area (Å²) in [5.74, 6) is 0. The third-order valence-electron chi connectivity index (χ3n) is 8.46. The van der Waals surface area contributed by atoms with Crippen LogP contribution in [0.4, 0.5) is 0 Å². The number of pyridine rings is 2. The number of hydrogen-bond acceptors (Lipinski definition) is 2. The van der Waals surface area contributed by atoms with Crippen LogP contribution in [0, 0.1) is 6.07 Å². The van der Waals surface area contributed by atoms with Crippen molar-refractivity contribution in [2.75, 3.05) is 0 Å². The van der Waals surface area contributed by atoms with Gasteiger partial charge in [-0.1, -0.05) is 78.0 Å². The van der Waals surface area contributed by atoms with Crippen LogP contribution in [0.25, 0.3) is 49.9 Å². The van der Waals surface area contributed by atoms with Gasteiger partial charge in [-0.2, -0.15) is 0 Å². The molecular weight excluding hydrogens is 671 g/mol. The Morgan fingerprint density at radius 3 is 2.15 bits per heavy atom. The van der Waals surface area contributed by atoms with Crippen LogP contribution in [-0.4, -0.2) is 22.6 Å². The Kier molecular flexibility index (Phi) is 4.78. The summed E-state index contributed by atoms with van der Waals surface area (Å²) in [6, 6.07) is 41.5. The van der Waals surface area contributed by atoms with Crippen molar-refractivity contribution in [3.05, 3.63) is 128 Å². The molecular formula is C34H20IrN3Si-. The Bertz CT molecular complexity index is 2000. The van der Waals surface area contributed by atoms with Crippen LogP contribution in [0.3, 0.4) is 0 Å². The summed E-state index contributed by atoms with van der Waals surface area (Å²) in [6.45, 7) is 0. The molecule has 7 aromatic rings. The number of rotatable bonds is 1. The maximum Gasteiger partial charge on any atom is 0.128 e. The van der Waals surface area contributed by atoms with Gasteiger partial charge >= 0.3 is 0 Å². The van der Waals surface area contributed by atoms with Crippen molar-refractivity contribution in [1.29, 1.82) is 0 Å². The molecule has 9 rings (SSSR count). The summed E-state index contributed by atoms with van der Waals surface area (Å²) in [6.07, 6.45) is 5.78. The zero-order chi connectivity index (χ0) is 24.8.